The molecule has 6 heteroatoms. The van der Waals surface area contributed by atoms with E-state index in [1.165, 1.54) is 0 Å². The Bertz CT molecular complexity index is 342. The maximum atomic E-state index is 12.0. The van der Waals surface area contributed by atoms with Crippen molar-refractivity contribution < 1.29 is 19.5 Å². The smallest absolute Gasteiger partial charge is 0.325 e. The first kappa shape index (κ1) is 12.5. The monoisotopic (exact) mass is 228 g/mol. The lowest BCUT2D eigenvalue weighted by atomic mass is 9.85. The highest BCUT2D eigenvalue weighted by atomic mass is 16.4. The first-order valence-corrected chi connectivity index (χ1v) is 5.18. The van der Waals surface area contributed by atoms with E-state index < -0.39 is 30.0 Å². The molecule has 90 valence electrons. The molecule has 6 nitrogen and oxygen atoms in total. The molecule has 1 rings (SSSR count). The van der Waals surface area contributed by atoms with Gasteiger partial charge in [0.05, 0.1) is 0 Å². The van der Waals surface area contributed by atoms with Crippen LogP contribution in [-0.2, 0) is 9.59 Å². The van der Waals surface area contributed by atoms with Crippen molar-refractivity contribution in [1.29, 1.82) is 0 Å². The molecule has 1 fully saturated rings. The Hall–Kier alpha value is -1.59. The first-order valence-electron chi connectivity index (χ1n) is 5.18. The molecule has 16 heavy (non-hydrogen) atoms. The van der Waals surface area contributed by atoms with Gasteiger partial charge < -0.3 is 10.4 Å². The summed E-state index contributed by atoms with van der Waals surface area (Å²) in [5.41, 5.74) is -0.985. The quantitative estimate of drug-likeness (QED) is 0.683. The molecule has 0 spiro atoms. The molecule has 1 aliphatic rings. The highest BCUT2D eigenvalue weighted by molar-refractivity contribution is 6.08. The normalized spacial score (nSPS) is 26.8. The third-order valence-corrected chi connectivity index (χ3v) is 3.19. The highest BCUT2D eigenvalue weighted by Crippen LogP contribution is 2.27. The van der Waals surface area contributed by atoms with Gasteiger partial charge in [-0.3, -0.25) is 14.5 Å². The molecule has 1 saturated heterocycles. The number of carbonyl (C=O) groups is 3. The zero-order valence-electron chi connectivity index (χ0n) is 9.61. The van der Waals surface area contributed by atoms with Crippen molar-refractivity contribution in [2.24, 2.45) is 5.92 Å². The van der Waals surface area contributed by atoms with Gasteiger partial charge in [-0.25, -0.2) is 4.79 Å². The van der Waals surface area contributed by atoms with Gasteiger partial charge in [0.25, 0.3) is 5.91 Å². The summed E-state index contributed by atoms with van der Waals surface area (Å²) in [6.07, 6.45) is 0.726. The first-order chi connectivity index (χ1) is 7.32. The van der Waals surface area contributed by atoms with Gasteiger partial charge in [-0.1, -0.05) is 20.3 Å². The molecule has 2 N–H and O–H groups in total. The molecular formula is C10H16N2O4. The fraction of sp³-hybridized carbons (Fsp3) is 0.700. The molecule has 0 saturated carbocycles. The van der Waals surface area contributed by atoms with Gasteiger partial charge in [0, 0.05) is 0 Å². The lowest BCUT2D eigenvalue weighted by Crippen LogP contribution is -2.49. The predicted molar refractivity (Wildman–Crippen MR) is 55.7 cm³/mol. The van der Waals surface area contributed by atoms with E-state index in [-0.39, 0.29) is 5.92 Å². The zero-order chi connectivity index (χ0) is 12.5. The summed E-state index contributed by atoms with van der Waals surface area (Å²) in [4.78, 5) is 34.7. The zero-order valence-corrected chi connectivity index (χ0v) is 9.61. The summed E-state index contributed by atoms with van der Waals surface area (Å²) in [5.74, 6) is -1.70. The summed E-state index contributed by atoms with van der Waals surface area (Å²) in [6, 6.07) is -0.629. The molecule has 1 aliphatic heterocycles. The van der Waals surface area contributed by atoms with Gasteiger partial charge in [0.1, 0.15) is 12.1 Å². The van der Waals surface area contributed by atoms with Crippen LogP contribution in [0, 0.1) is 5.92 Å². The minimum Gasteiger partial charge on any atom is -0.480 e. The van der Waals surface area contributed by atoms with E-state index in [2.05, 4.69) is 5.32 Å². The minimum absolute atomic E-state index is 0.0391. The maximum absolute atomic E-state index is 12.0. The van der Waals surface area contributed by atoms with E-state index in [1.807, 2.05) is 13.8 Å². The van der Waals surface area contributed by atoms with E-state index in [0.717, 1.165) is 11.3 Å². The van der Waals surface area contributed by atoms with Crippen LogP contribution in [0.5, 0.6) is 0 Å². The van der Waals surface area contributed by atoms with Gasteiger partial charge >= 0.3 is 12.0 Å². The van der Waals surface area contributed by atoms with Crippen molar-refractivity contribution in [2.45, 2.75) is 32.7 Å². The van der Waals surface area contributed by atoms with E-state index in [0.29, 0.717) is 0 Å². The summed E-state index contributed by atoms with van der Waals surface area (Å²) in [7, 11) is 0. The molecule has 0 aromatic heterocycles. The van der Waals surface area contributed by atoms with E-state index in [9.17, 15) is 14.4 Å². The average Bonchev–Trinajstić information content (AvgIpc) is 2.41. The largest absolute Gasteiger partial charge is 0.480 e. The summed E-state index contributed by atoms with van der Waals surface area (Å²) >= 11 is 0. The Kier molecular flexibility index (Phi) is 3.21. The summed E-state index contributed by atoms with van der Waals surface area (Å²) in [5, 5.41) is 11.2. The van der Waals surface area contributed by atoms with E-state index >= 15 is 0 Å². The topological polar surface area (TPSA) is 86.7 Å². The number of carbonyl (C=O) groups excluding carboxylic acids is 2. The second kappa shape index (κ2) is 4.11. The molecule has 1 heterocycles. The lowest BCUT2D eigenvalue weighted by Gasteiger charge is -2.27. The molecule has 2 unspecified atom stereocenters. The van der Waals surface area contributed by atoms with Crippen molar-refractivity contribution in [2.75, 3.05) is 6.54 Å². The summed E-state index contributed by atoms with van der Waals surface area (Å²) < 4.78 is 0. The number of hydrogen-bond acceptors (Lipinski definition) is 3. The average molecular weight is 228 g/mol. The number of nitrogens with zero attached hydrogens (tertiary/aromatic N) is 1. The fourth-order valence-corrected chi connectivity index (χ4v) is 1.74. The molecule has 0 radical (unpaired) electrons. The van der Waals surface area contributed by atoms with Crippen molar-refractivity contribution in [3.63, 3.8) is 0 Å². The number of carboxylic acid groups (broad SMARTS) is 1. The van der Waals surface area contributed by atoms with Gasteiger partial charge in [-0.15, -0.1) is 0 Å². The number of carboxylic acids is 1. The molecule has 0 aliphatic carbocycles. The van der Waals surface area contributed by atoms with Crippen molar-refractivity contribution in [1.82, 2.24) is 10.2 Å². The van der Waals surface area contributed by atoms with Crippen molar-refractivity contribution in [3.8, 4) is 0 Å². The Morgan fingerprint density at radius 3 is 2.56 bits per heavy atom. The number of rotatable bonds is 4. The second-order valence-electron chi connectivity index (χ2n) is 4.23. The SMILES string of the molecule is CCC(C)C1(C)NC(=O)N(CC(=O)O)C1=O. The van der Waals surface area contributed by atoms with Crippen molar-refractivity contribution >= 4 is 17.9 Å². The van der Waals surface area contributed by atoms with Gasteiger partial charge in [-0.2, -0.15) is 0 Å². The van der Waals surface area contributed by atoms with E-state index in [4.69, 9.17) is 5.11 Å². The Balaban J connectivity index is 2.93. The van der Waals surface area contributed by atoms with Crippen LogP contribution in [0.25, 0.3) is 0 Å². The van der Waals surface area contributed by atoms with Crippen LogP contribution in [0.3, 0.4) is 0 Å². The molecule has 0 aromatic rings. The molecular weight excluding hydrogens is 212 g/mol. The van der Waals surface area contributed by atoms with Crippen LogP contribution >= 0.6 is 0 Å². The fourth-order valence-electron chi connectivity index (χ4n) is 1.74. The number of amides is 3. The van der Waals surface area contributed by atoms with Gasteiger partial charge in [-0.05, 0) is 12.8 Å². The lowest BCUT2D eigenvalue weighted by molar-refractivity contribution is -0.143. The number of imide groups is 1. The van der Waals surface area contributed by atoms with Crippen LogP contribution in [0.4, 0.5) is 4.79 Å². The number of nitrogens with one attached hydrogen (secondary N) is 1. The van der Waals surface area contributed by atoms with E-state index in [1.54, 1.807) is 6.92 Å². The number of aliphatic carboxylic acids is 1. The highest BCUT2D eigenvalue weighted by Gasteiger charge is 2.50. The second-order valence-corrected chi connectivity index (χ2v) is 4.23. The van der Waals surface area contributed by atoms with Gasteiger partial charge in [0.15, 0.2) is 0 Å². The molecule has 2 atom stereocenters. The Morgan fingerprint density at radius 1 is 1.56 bits per heavy atom. The van der Waals surface area contributed by atoms with Crippen LogP contribution in [0.2, 0.25) is 0 Å². The molecule has 0 bridgehead atoms. The Morgan fingerprint density at radius 2 is 2.12 bits per heavy atom. The van der Waals surface area contributed by atoms with Gasteiger partial charge in [0.2, 0.25) is 0 Å². The predicted octanol–water partition coefficient (Wildman–Crippen LogP) is 0.428. The molecule has 0 aromatic carbocycles. The number of urea groups is 1. The third-order valence-electron chi connectivity index (χ3n) is 3.19. The van der Waals surface area contributed by atoms with Crippen LogP contribution in [0.15, 0.2) is 0 Å². The standard InChI is InChI=1S/C10H16N2O4/c1-4-6(2)10(3)8(15)12(5-7(13)14)9(16)11-10/h6H,4-5H2,1-3H3,(H,11,16)(H,13,14). The number of hydrogen-bond donors (Lipinski definition) is 2. The van der Waals surface area contributed by atoms with Crippen LogP contribution in [0.1, 0.15) is 27.2 Å². The third kappa shape index (κ3) is 1.87. The van der Waals surface area contributed by atoms with Crippen LogP contribution in [-0.4, -0.2) is 40.0 Å². The maximum Gasteiger partial charge on any atom is 0.325 e. The Labute approximate surface area is 93.6 Å². The molecule has 3 amide bonds. The van der Waals surface area contributed by atoms with Crippen LogP contribution < -0.4 is 5.32 Å². The van der Waals surface area contributed by atoms with Crippen molar-refractivity contribution in [3.05, 3.63) is 0 Å². The minimum atomic E-state index is -1.20. The summed E-state index contributed by atoms with van der Waals surface area (Å²) in [6.45, 7) is 4.80.